The van der Waals surface area contributed by atoms with E-state index in [1.165, 1.54) is 0 Å². The molecule has 1 saturated heterocycles. The summed E-state index contributed by atoms with van der Waals surface area (Å²) in [5, 5.41) is 0. The Morgan fingerprint density at radius 3 is 2.58 bits per heavy atom. The number of amides is 1. The van der Waals surface area contributed by atoms with Crippen LogP contribution in [0.15, 0.2) is 18.5 Å². The van der Waals surface area contributed by atoms with E-state index in [-0.39, 0.29) is 12.3 Å². The predicted molar refractivity (Wildman–Crippen MR) is 72.3 cm³/mol. The number of carbonyl (C=O) groups is 1. The average molecular weight is 259 g/mol. The number of nitrogens with zero attached hydrogens (tertiary/aromatic N) is 4. The number of piperazine rings is 1. The Bertz CT molecular complexity index is 462. The summed E-state index contributed by atoms with van der Waals surface area (Å²) in [6, 6.07) is 1.19. The van der Waals surface area contributed by atoms with Crippen molar-refractivity contribution in [2.75, 3.05) is 31.1 Å². The van der Waals surface area contributed by atoms with Crippen LogP contribution in [0.4, 0.5) is 5.95 Å². The van der Waals surface area contributed by atoms with Gasteiger partial charge in [-0.3, -0.25) is 4.79 Å². The summed E-state index contributed by atoms with van der Waals surface area (Å²) in [6.45, 7) is 2.65. The maximum Gasteiger partial charge on any atom is 0.240 e. The SMILES string of the molecule is C#CCC(N)C(=O)N1CCN(c2ncccn2)CC1. The van der Waals surface area contributed by atoms with Gasteiger partial charge in [-0.2, -0.15) is 0 Å². The summed E-state index contributed by atoms with van der Waals surface area (Å²) in [5.74, 6) is 3.04. The molecule has 6 heteroatoms. The Morgan fingerprint density at radius 1 is 1.37 bits per heavy atom. The lowest BCUT2D eigenvalue weighted by atomic mass is 10.2. The normalized spacial score (nSPS) is 16.8. The van der Waals surface area contributed by atoms with Crippen LogP contribution >= 0.6 is 0 Å². The van der Waals surface area contributed by atoms with Crippen LogP contribution in [0.5, 0.6) is 0 Å². The highest BCUT2D eigenvalue weighted by Gasteiger charge is 2.25. The van der Waals surface area contributed by atoms with E-state index in [1.54, 1.807) is 23.4 Å². The summed E-state index contributed by atoms with van der Waals surface area (Å²) in [6.07, 6.45) is 8.87. The van der Waals surface area contributed by atoms with Crippen LogP contribution in [0.25, 0.3) is 0 Å². The van der Waals surface area contributed by atoms with Gasteiger partial charge in [0.1, 0.15) is 0 Å². The zero-order chi connectivity index (χ0) is 13.7. The van der Waals surface area contributed by atoms with E-state index in [1.807, 2.05) is 0 Å². The van der Waals surface area contributed by atoms with Crippen molar-refractivity contribution in [3.63, 3.8) is 0 Å². The lowest BCUT2D eigenvalue weighted by Crippen LogP contribution is -2.53. The summed E-state index contributed by atoms with van der Waals surface area (Å²) < 4.78 is 0. The van der Waals surface area contributed by atoms with E-state index in [2.05, 4.69) is 20.8 Å². The van der Waals surface area contributed by atoms with Gasteiger partial charge in [0.15, 0.2) is 0 Å². The lowest BCUT2D eigenvalue weighted by molar-refractivity contribution is -0.132. The van der Waals surface area contributed by atoms with E-state index in [4.69, 9.17) is 12.2 Å². The molecule has 0 spiro atoms. The number of hydrogen-bond acceptors (Lipinski definition) is 5. The first-order valence-electron chi connectivity index (χ1n) is 6.22. The zero-order valence-electron chi connectivity index (χ0n) is 10.7. The highest BCUT2D eigenvalue weighted by molar-refractivity contribution is 5.82. The Hall–Kier alpha value is -2.13. The van der Waals surface area contributed by atoms with Crippen molar-refractivity contribution in [1.29, 1.82) is 0 Å². The van der Waals surface area contributed by atoms with Gasteiger partial charge in [-0.1, -0.05) is 0 Å². The molecule has 1 fully saturated rings. The van der Waals surface area contributed by atoms with Gasteiger partial charge in [0.2, 0.25) is 11.9 Å². The fraction of sp³-hybridized carbons (Fsp3) is 0.462. The second-order valence-corrected chi connectivity index (χ2v) is 4.38. The van der Waals surface area contributed by atoms with Crippen molar-refractivity contribution in [2.45, 2.75) is 12.5 Å². The Morgan fingerprint density at radius 2 is 2.00 bits per heavy atom. The van der Waals surface area contributed by atoms with Gasteiger partial charge >= 0.3 is 0 Å². The Balaban J connectivity index is 1.89. The third-order valence-electron chi connectivity index (χ3n) is 3.08. The van der Waals surface area contributed by atoms with Crippen LogP contribution in [-0.4, -0.2) is 53.0 Å². The van der Waals surface area contributed by atoms with Gasteiger partial charge in [0, 0.05) is 45.0 Å². The first kappa shape index (κ1) is 13.3. The molecule has 1 atom stereocenters. The maximum absolute atomic E-state index is 12.0. The second kappa shape index (κ2) is 6.16. The van der Waals surface area contributed by atoms with Crippen LogP contribution in [0.3, 0.4) is 0 Å². The minimum absolute atomic E-state index is 0.0772. The van der Waals surface area contributed by atoms with Crippen LogP contribution in [0.2, 0.25) is 0 Å². The Labute approximate surface area is 112 Å². The van der Waals surface area contributed by atoms with Crippen LogP contribution in [0.1, 0.15) is 6.42 Å². The number of anilines is 1. The smallest absolute Gasteiger partial charge is 0.240 e. The van der Waals surface area contributed by atoms with E-state index >= 15 is 0 Å². The van der Waals surface area contributed by atoms with Crippen molar-refractivity contribution in [2.24, 2.45) is 5.73 Å². The van der Waals surface area contributed by atoms with Crippen molar-refractivity contribution >= 4 is 11.9 Å². The lowest BCUT2D eigenvalue weighted by Gasteiger charge is -2.35. The maximum atomic E-state index is 12.0. The highest BCUT2D eigenvalue weighted by atomic mass is 16.2. The molecule has 0 aromatic carbocycles. The molecule has 1 aromatic heterocycles. The molecule has 6 nitrogen and oxygen atoms in total. The molecular formula is C13H17N5O. The number of hydrogen-bond donors (Lipinski definition) is 1. The first-order valence-corrected chi connectivity index (χ1v) is 6.22. The fourth-order valence-corrected chi connectivity index (χ4v) is 2.03. The molecule has 2 heterocycles. The molecule has 1 unspecified atom stereocenters. The molecule has 1 aliphatic heterocycles. The number of carbonyl (C=O) groups excluding carboxylic acids is 1. The van der Waals surface area contributed by atoms with E-state index in [9.17, 15) is 4.79 Å². The van der Waals surface area contributed by atoms with Crippen molar-refractivity contribution < 1.29 is 4.79 Å². The van der Waals surface area contributed by atoms with Crippen LogP contribution < -0.4 is 10.6 Å². The predicted octanol–water partition coefficient (Wildman–Crippen LogP) is -0.524. The van der Waals surface area contributed by atoms with Crippen LogP contribution in [-0.2, 0) is 4.79 Å². The molecule has 0 aliphatic carbocycles. The minimum Gasteiger partial charge on any atom is -0.338 e. The number of terminal acetylenes is 1. The summed E-state index contributed by atoms with van der Waals surface area (Å²) in [7, 11) is 0. The molecule has 1 aliphatic rings. The van der Waals surface area contributed by atoms with Gasteiger partial charge in [0.05, 0.1) is 6.04 Å². The molecule has 0 bridgehead atoms. The second-order valence-electron chi connectivity index (χ2n) is 4.38. The van der Waals surface area contributed by atoms with Gasteiger partial charge in [-0.25, -0.2) is 9.97 Å². The molecule has 100 valence electrons. The monoisotopic (exact) mass is 259 g/mol. The summed E-state index contributed by atoms with van der Waals surface area (Å²) >= 11 is 0. The molecule has 2 rings (SSSR count). The molecule has 1 amide bonds. The Kier molecular flexibility index (Phi) is 4.31. The largest absolute Gasteiger partial charge is 0.338 e. The summed E-state index contributed by atoms with van der Waals surface area (Å²) in [5.41, 5.74) is 5.73. The first-order chi connectivity index (χ1) is 9.22. The summed E-state index contributed by atoms with van der Waals surface area (Å²) in [4.78, 5) is 24.2. The highest BCUT2D eigenvalue weighted by Crippen LogP contribution is 2.10. The molecule has 19 heavy (non-hydrogen) atoms. The topological polar surface area (TPSA) is 75.4 Å². The fourth-order valence-electron chi connectivity index (χ4n) is 2.03. The van der Waals surface area contributed by atoms with Crippen molar-refractivity contribution in [3.8, 4) is 12.3 Å². The van der Waals surface area contributed by atoms with Gasteiger partial charge < -0.3 is 15.5 Å². The standard InChI is InChI=1S/C13H17N5O/c1-2-4-11(14)12(19)17-7-9-18(10-8-17)13-15-5-3-6-16-13/h1,3,5-6,11H,4,7-10,14H2. The van der Waals surface area contributed by atoms with Crippen LogP contribution in [0, 0.1) is 12.3 Å². The molecule has 1 aromatic rings. The van der Waals surface area contributed by atoms with E-state index < -0.39 is 6.04 Å². The van der Waals surface area contributed by atoms with Crippen molar-refractivity contribution in [1.82, 2.24) is 14.9 Å². The van der Waals surface area contributed by atoms with E-state index in [0.29, 0.717) is 32.1 Å². The molecule has 2 N–H and O–H groups in total. The molecule has 0 radical (unpaired) electrons. The zero-order valence-corrected chi connectivity index (χ0v) is 10.7. The third-order valence-corrected chi connectivity index (χ3v) is 3.08. The van der Waals surface area contributed by atoms with E-state index in [0.717, 1.165) is 0 Å². The number of rotatable bonds is 3. The number of aromatic nitrogens is 2. The van der Waals surface area contributed by atoms with Gasteiger partial charge in [-0.15, -0.1) is 12.3 Å². The quantitative estimate of drug-likeness (QED) is 0.739. The minimum atomic E-state index is -0.593. The molecular weight excluding hydrogens is 242 g/mol. The number of nitrogens with two attached hydrogens (primary N) is 1. The third kappa shape index (κ3) is 3.20. The van der Waals surface area contributed by atoms with Crippen molar-refractivity contribution in [3.05, 3.63) is 18.5 Å². The van der Waals surface area contributed by atoms with Gasteiger partial charge in [-0.05, 0) is 6.07 Å². The average Bonchev–Trinajstić information content (AvgIpc) is 2.48. The molecule has 0 saturated carbocycles. The van der Waals surface area contributed by atoms with Gasteiger partial charge in [0.25, 0.3) is 0 Å².